The van der Waals surface area contributed by atoms with Gasteiger partial charge in [0.25, 0.3) is 0 Å². The predicted molar refractivity (Wildman–Crippen MR) is 64.8 cm³/mol. The number of carbonyl (C=O) groups excluding carboxylic acids is 1. The van der Waals surface area contributed by atoms with Gasteiger partial charge in [-0.15, -0.1) is 10.2 Å². The highest BCUT2D eigenvalue weighted by Crippen LogP contribution is 1.99. The number of aromatic amines is 1. The van der Waals surface area contributed by atoms with Crippen molar-refractivity contribution in [2.75, 3.05) is 0 Å². The van der Waals surface area contributed by atoms with Gasteiger partial charge < -0.3 is 0 Å². The minimum Gasteiger partial charge on any atom is -0.273 e. The molecule has 0 aliphatic rings. The lowest BCUT2D eigenvalue weighted by atomic mass is 10.2. The number of aryl methyl sites for hydroxylation is 1. The second-order valence-corrected chi connectivity index (χ2v) is 3.71. The zero-order valence-corrected chi connectivity index (χ0v) is 9.79. The molecule has 0 saturated heterocycles. The Morgan fingerprint density at radius 2 is 2.22 bits per heavy atom. The van der Waals surface area contributed by atoms with Crippen LogP contribution < -0.4 is 5.43 Å². The van der Waals surface area contributed by atoms with E-state index in [1.807, 2.05) is 31.2 Å². The number of hydrogen-bond acceptors (Lipinski definition) is 5. The molecule has 0 spiro atoms. The van der Waals surface area contributed by atoms with Gasteiger partial charge in [-0.1, -0.05) is 35.0 Å². The molecule has 0 aliphatic heterocycles. The van der Waals surface area contributed by atoms with Crippen molar-refractivity contribution in [1.82, 2.24) is 26.0 Å². The molecule has 1 aromatic heterocycles. The molecule has 7 heteroatoms. The fourth-order valence-electron chi connectivity index (χ4n) is 1.27. The number of benzene rings is 1. The van der Waals surface area contributed by atoms with Crippen LogP contribution in [0.5, 0.6) is 0 Å². The molecule has 1 amide bonds. The number of aromatic nitrogens is 4. The van der Waals surface area contributed by atoms with Crippen LogP contribution >= 0.6 is 0 Å². The van der Waals surface area contributed by atoms with Gasteiger partial charge in [-0.3, -0.25) is 4.79 Å². The maximum atomic E-state index is 11.4. The van der Waals surface area contributed by atoms with Crippen LogP contribution in [0.15, 0.2) is 29.4 Å². The van der Waals surface area contributed by atoms with Crippen molar-refractivity contribution in [1.29, 1.82) is 0 Å². The van der Waals surface area contributed by atoms with Crippen LogP contribution in [0.1, 0.15) is 17.0 Å². The van der Waals surface area contributed by atoms with Crippen molar-refractivity contribution in [3.8, 4) is 0 Å². The zero-order chi connectivity index (χ0) is 12.8. The predicted octanol–water partition coefficient (Wildman–Crippen LogP) is 0.201. The summed E-state index contributed by atoms with van der Waals surface area (Å²) in [5, 5.41) is 16.8. The maximum Gasteiger partial charge on any atom is 0.247 e. The highest BCUT2D eigenvalue weighted by Gasteiger charge is 2.05. The first kappa shape index (κ1) is 11.9. The van der Waals surface area contributed by atoms with E-state index in [2.05, 4.69) is 31.2 Å². The first-order valence-corrected chi connectivity index (χ1v) is 5.35. The standard InChI is InChI=1S/C11H12N6O/c1-8-2-4-9(5-3-8)7-12-15-11(18)6-10-13-16-17-14-10/h2-5,7H,6H2,1H3,(H,15,18)(H,13,14,16,17)/b12-7+. The smallest absolute Gasteiger partial charge is 0.247 e. The molecule has 7 nitrogen and oxygen atoms in total. The van der Waals surface area contributed by atoms with Crippen molar-refractivity contribution in [3.63, 3.8) is 0 Å². The van der Waals surface area contributed by atoms with E-state index in [9.17, 15) is 4.79 Å². The Balaban J connectivity index is 1.84. The van der Waals surface area contributed by atoms with E-state index in [4.69, 9.17) is 0 Å². The van der Waals surface area contributed by atoms with Gasteiger partial charge in [0, 0.05) is 0 Å². The van der Waals surface area contributed by atoms with Gasteiger partial charge >= 0.3 is 0 Å². The summed E-state index contributed by atoms with van der Waals surface area (Å²) >= 11 is 0. The fourth-order valence-corrected chi connectivity index (χ4v) is 1.27. The third-order valence-corrected chi connectivity index (χ3v) is 2.19. The molecule has 0 saturated carbocycles. The SMILES string of the molecule is Cc1ccc(/C=N/NC(=O)Cc2nn[nH]n2)cc1. The third-order valence-electron chi connectivity index (χ3n) is 2.19. The van der Waals surface area contributed by atoms with Crippen molar-refractivity contribution >= 4 is 12.1 Å². The summed E-state index contributed by atoms with van der Waals surface area (Å²) < 4.78 is 0. The van der Waals surface area contributed by atoms with E-state index in [1.54, 1.807) is 6.21 Å². The topological polar surface area (TPSA) is 95.9 Å². The average molecular weight is 244 g/mol. The van der Waals surface area contributed by atoms with Gasteiger partial charge in [0.1, 0.15) is 0 Å². The molecule has 1 heterocycles. The summed E-state index contributed by atoms with van der Waals surface area (Å²) in [6.07, 6.45) is 1.62. The molecule has 0 atom stereocenters. The van der Waals surface area contributed by atoms with E-state index in [0.29, 0.717) is 5.82 Å². The molecule has 2 aromatic rings. The average Bonchev–Trinajstić information content (AvgIpc) is 2.84. The van der Waals surface area contributed by atoms with E-state index in [-0.39, 0.29) is 12.3 Å². The summed E-state index contributed by atoms with van der Waals surface area (Å²) in [5.41, 5.74) is 4.48. The highest BCUT2D eigenvalue weighted by atomic mass is 16.2. The lowest BCUT2D eigenvalue weighted by Crippen LogP contribution is -2.20. The highest BCUT2D eigenvalue weighted by molar-refractivity contribution is 5.82. The number of carbonyl (C=O) groups is 1. The molecular formula is C11H12N6O. The van der Waals surface area contributed by atoms with Crippen molar-refractivity contribution < 1.29 is 4.79 Å². The number of nitrogens with zero attached hydrogens (tertiary/aromatic N) is 4. The Bertz CT molecular complexity index is 531. The van der Waals surface area contributed by atoms with Crippen LogP contribution in [0.3, 0.4) is 0 Å². The molecule has 0 radical (unpaired) electrons. The quantitative estimate of drug-likeness (QED) is 0.593. The molecule has 0 bridgehead atoms. The molecule has 2 N–H and O–H groups in total. The van der Waals surface area contributed by atoms with Crippen LogP contribution in [0, 0.1) is 6.92 Å². The molecule has 92 valence electrons. The number of hydrazone groups is 1. The monoisotopic (exact) mass is 244 g/mol. The maximum absolute atomic E-state index is 11.4. The lowest BCUT2D eigenvalue weighted by molar-refractivity contribution is -0.120. The second-order valence-electron chi connectivity index (χ2n) is 3.71. The lowest BCUT2D eigenvalue weighted by Gasteiger charge is -1.96. The van der Waals surface area contributed by atoms with Crippen LogP contribution in [0.2, 0.25) is 0 Å². The molecule has 2 rings (SSSR count). The third kappa shape index (κ3) is 3.48. The molecule has 1 aromatic carbocycles. The minimum absolute atomic E-state index is 0.0434. The van der Waals surface area contributed by atoms with Gasteiger partial charge in [0.15, 0.2) is 5.82 Å². The molecule has 0 unspecified atom stereocenters. The normalized spacial score (nSPS) is 10.7. The Morgan fingerprint density at radius 3 is 2.89 bits per heavy atom. The van der Waals surface area contributed by atoms with Gasteiger partial charge in [-0.05, 0) is 12.5 Å². The Hall–Kier alpha value is -2.57. The number of amides is 1. The van der Waals surface area contributed by atoms with Crippen LogP contribution in [0.4, 0.5) is 0 Å². The van der Waals surface area contributed by atoms with Crippen molar-refractivity contribution in [2.24, 2.45) is 5.10 Å². The molecule has 18 heavy (non-hydrogen) atoms. The van der Waals surface area contributed by atoms with Crippen molar-refractivity contribution in [2.45, 2.75) is 13.3 Å². The first-order valence-electron chi connectivity index (χ1n) is 5.35. The number of tetrazole rings is 1. The second kappa shape index (κ2) is 5.67. The van der Waals surface area contributed by atoms with Gasteiger partial charge in [0.05, 0.1) is 12.6 Å². The van der Waals surface area contributed by atoms with Crippen LogP contribution in [-0.4, -0.2) is 32.7 Å². The largest absolute Gasteiger partial charge is 0.273 e. The number of nitrogens with one attached hydrogen (secondary N) is 2. The Labute approximate surface area is 103 Å². The number of H-pyrrole nitrogens is 1. The first-order chi connectivity index (χ1) is 8.74. The molecule has 0 aliphatic carbocycles. The van der Waals surface area contributed by atoms with E-state index in [1.165, 1.54) is 5.56 Å². The van der Waals surface area contributed by atoms with Crippen LogP contribution in [0.25, 0.3) is 0 Å². The summed E-state index contributed by atoms with van der Waals surface area (Å²) in [4.78, 5) is 11.4. The van der Waals surface area contributed by atoms with Gasteiger partial charge in [0.2, 0.25) is 5.91 Å². The summed E-state index contributed by atoms with van der Waals surface area (Å²) in [5.74, 6) is 0.0396. The molecular weight excluding hydrogens is 232 g/mol. The Kier molecular flexibility index (Phi) is 3.75. The van der Waals surface area contributed by atoms with E-state index >= 15 is 0 Å². The minimum atomic E-state index is -0.292. The number of rotatable bonds is 4. The van der Waals surface area contributed by atoms with Crippen molar-refractivity contribution in [3.05, 3.63) is 41.2 Å². The van der Waals surface area contributed by atoms with E-state index < -0.39 is 0 Å². The summed E-state index contributed by atoms with van der Waals surface area (Å²) in [6.45, 7) is 2.01. The fraction of sp³-hybridized carbons (Fsp3) is 0.182. The Morgan fingerprint density at radius 1 is 1.44 bits per heavy atom. The van der Waals surface area contributed by atoms with E-state index in [0.717, 1.165) is 5.56 Å². The van der Waals surface area contributed by atoms with Gasteiger partial charge in [-0.25, -0.2) is 5.43 Å². The summed E-state index contributed by atoms with van der Waals surface area (Å²) in [6, 6.07) is 7.79. The molecule has 0 fully saturated rings. The summed E-state index contributed by atoms with van der Waals surface area (Å²) in [7, 11) is 0. The van der Waals surface area contributed by atoms with Crippen LogP contribution in [-0.2, 0) is 11.2 Å². The zero-order valence-electron chi connectivity index (χ0n) is 9.79. The van der Waals surface area contributed by atoms with Gasteiger partial charge in [-0.2, -0.15) is 10.3 Å². The number of hydrogen-bond donors (Lipinski definition) is 2.